The first-order chi connectivity index (χ1) is 13.7. The summed E-state index contributed by atoms with van der Waals surface area (Å²) < 4.78 is 10.3. The van der Waals surface area contributed by atoms with Crippen molar-refractivity contribution in [2.75, 3.05) is 38.8 Å². The average molecular weight is 378 g/mol. The monoisotopic (exact) mass is 378 g/mol. The zero-order valence-corrected chi connectivity index (χ0v) is 16.0. The number of fused-ring (bicyclic) bond motifs is 1. The van der Waals surface area contributed by atoms with Crippen LogP contribution in [0.3, 0.4) is 0 Å². The summed E-state index contributed by atoms with van der Waals surface area (Å²) in [6.07, 6.45) is 0.842. The van der Waals surface area contributed by atoms with Crippen molar-refractivity contribution in [3.8, 4) is 5.75 Å². The van der Waals surface area contributed by atoms with Gasteiger partial charge in [0.05, 0.1) is 25.8 Å². The van der Waals surface area contributed by atoms with Crippen LogP contribution in [0.5, 0.6) is 5.75 Å². The molecule has 0 saturated heterocycles. The van der Waals surface area contributed by atoms with E-state index in [-0.39, 0.29) is 18.4 Å². The standard InChI is InChI=1S/C22H22N2O4/c1-27-14-13-24-21(25)19(16-7-9-17(28-2)10-8-16)20(22(24)26)23-12-11-15-5-3-4-6-18(15)23/h3-10H,11-14H2,1-2H3. The fraction of sp³-hybridized carbons (Fsp3) is 0.273. The summed E-state index contributed by atoms with van der Waals surface area (Å²) in [5.74, 6) is 0.140. The highest BCUT2D eigenvalue weighted by Gasteiger charge is 2.42. The molecule has 0 bridgehead atoms. The predicted molar refractivity (Wildman–Crippen MR) is 106 cm³/mol. The van der Waals surface area contributed by atoms with Crippen LogP contribution in [0.1, 0.15) is 11.1 Å². The number of ether oxygens (including phenoxy) is 2. The van der Waals surface area contributed by atoms with Crippen LogP contribution in [0.25, 0.3) is 5.57 Å². The third-order valence-corrected chi connectivity index (χ3v) is 5.20. The minimum absolute atomic E-state index is 0.229. The van der Waals surface area contributed by atoms with E-state index in [0.29, 0.717) is 35.7 Å². The molecule has 6 heteroatoms. The first-order valence-corrected chi connectivity index (χ1v) is 9.25. The van der Waals surface area contributed by atoms with Crippen LogP contribution in [-0.4, -0.2) is 50.6 Å². The summed E-state index contributed by atoms with van der Waals surface area (Å²) in [7, 11) is 3.15. The Morgan fingerprint density at radius 3 is 2.43 bits per heavy atom. The van der Waals surface area contributed by atoms with Gasteiger partial charge in [-0.25, -0.2) is 0 Å². The number of hydrogen-bond donors (Lipinski definition) is 0. The summed E-state index contributed by atoms with van der Waals surface area (Å²) in [6.45, 7) is 1.20. The molecule has 0 aromatic heterocycles. The van der Waals surface area contributed by atoms with Crippen molar-refractivity contribution in [2.45, 2.75) is 6.42 Å². The molecule has 2 aliphatic heterocycles. The van der Waals surface area contributed by atoms with E-state index in [4.69, 9.17) is 9.47 Å². The summed E-state index contributed by atoms with van der Waals surface area (Å²) >= 11 is 0. The average Bonchev–Trinajstić information content (AvgIpc) is 3.25. The van der Waals surface area contributed by atoms with Gasteiger partial charge in [0.1, 0.15) is 11.4 Å². The van der Waals surface area contributed by atoms with E-state index in [1.807, 2.05) is 35.2 Å². The summed E-state index contributed by atoms with van der Waals surface area (Å²) in [6, 6.07) is 15.2. The normalized spacial score (nSPS) is 16.2. The molecule has 0 unspecified atom stereocenters. The number of hydrogen-bond acceptors (Lipinski definition) is 5. The van der Waals surface area contributed by atoms with Gasteiger partial charge in [-0.05, 0) is 35.7 Å². The van der Waals surface area contributed by atoms with Crippen LogP contribution in [0.2, 0.25) is 0 Å². The Balaban J connectivity index is 1.82. The van der Waals surface area contributed by atoms with Crippen molar-refractivity contribution < 1.29 is 19.1 Å². The number of anilines is 1. The van der Waals surface area contributed by atoms with Crippen LogP contribution in [0, 0.1) is 0 Å². The van der Waals surface area contributed by atoms with Gasteiger partial charge in [0, 0.05) is 19.3 Å². The van der Waals surface area contributed by atoms with Crippen molar-refractivity contribution in [3.05, 3.63) is 65.4 Å². The van der Waals surface area contributed by atoms with Crippen molar-refractivity contribution in [2.24, 2.45) is 0 Å². The SMILES string of the molecule is COCCN1C(=O)C(c2ccc(OC)cc2)=C(N2CCc3ccccc32)C1=O. The van der Waals surface area contributed by atoms with Gasteiger partial charge in [0.15, 0.2) is 0 Å². The van der Waals surface area contributed by atoms with E-state index in [2.05, 4.69) is 6.07 Å². The molecular weight excluding hydrogens is 356 g/mol. The largest absolute Gasteiger partial charge is 0.497 e. The van der Waals surface area contributed by atoms with E-state index >= 15 is 0 Å². The van der Waals surface area contributed by atoms with Gasteiger partial charge in [0.2, 0.25) is 0 Å². The highest BCUT2D eigenvalue weighted by Crippen LogP contribution is 2.38. The molecule has 2 amide bonds. The fourth-order valence-electron chi connectivity index (χ4n) is 3.79. The fourth-order valence-corrected chi connectivity index (χ4v) is 3.79. The van der Waals surface area contributed by atoms with Crippen LogP contribution in [0.15, 0.2) is 54.2 Å². The van der Waals surface area contributed by atoms with Gasteiger partial charge in [0.25, 0.3) is 11.8 Å². The Hall–Kier alpha value is -3.12. The molecule has 2 aromatic carbocycles. The maximum atomic E-state index is 13.3. The molecule has 0 fully saturated rings. The second kappa shape index (κ2) is 7.48. The number of nitrogens with zero attached hydrogens (tertiary/aromatic N) is 2. The molecule has 2 aliphatic rings. The zero-order valence-electron chi connectivity index (χ0n) is 16.0. The van der Waals surface area contributed by atoms with Gasteiger partial charge < -0.3 is 14.4 Å². The van der Waals surface area contributed by atoms with E-state index in [1.54, 1.807) is 26.4 Å². The smallest absolute Gasteiger partial charge is 0.278 e. The molecule has 0 N–H and O–H groups in total. The molecule has 28 heavy (non-hydrogen) atoms. The molecule has 0 atom stereocenters. The number of carbonyl (C=O) groups excluding carboxylic acids is 2. The molecule has 144 valence electrons. The van der Waals surface area contributed by atoms with Gasteiger partial charge in [-0.15, -0.1) is 0 Å². The van der Waals surface area contributed by atoms with Crippen LogP contribution in [-0.2, 0) is 20.7 Å². The highest BCUT2D eigenvalue weighted by atomic mass is 16.5. The number of methoxy groups -OCH3 is 2. The minimum atomic E-state index is -0.286. The third-order valence-electron chi connectivity index (χ3n) is 5.20. The summed E-state index contributed by atoms with van der Waals surface area (Å²) in [4.78, 5) is 29.7. The molecule has 0 spiro atoms. The maximum Gasteiger partial charge on any atom is 0.278 e. The number of imide groups is 1. The minimum Gasteiger partial charge on any atom is -0.497 e. The van der Waals surface area contributed by atoms with E-state index in [0.717, 1.165) is 12.1 Å². The Morgan fingerprint density at radius 1 is 0.964 bits per heavy atom. The predicted octanol–water partition coefficient (Wildman–Crippen LogP) is 2.48. The van der Waals surface area contributed by atoms with Crippen LogP contribution >= 0.6 is 0 Å². The quantitative estimate of drug-likeness (QED) is 0.723. The number of rotatable bonds is 6. The Kier molecular flexibility index (Phi) is 4.88. The Morgan fingerprint density at radius 2 is 1.71 bits per heavy atom. The van der Waals surface area contributed by atoms with Gasteiger partial charge >= 0.3 is 0 Å². The van der Waals surface area contributed by atoms with Crippen molar-refractivity contribution in [3.63, 3.8) is 0 Å². The van der Waals surface area contributed by atoms with Gasteiger partial charge in [-0.3, -0.25) is 14.5 Å². The first-order valence-electron chi connectivity index (χ1n) is 9.25. The van der Waals surface area contributed by atoms with Crippen molar-refractivity contribution in [1.82, 2.24) is 4.90 Å². The second-order valence-electron chi connectivity index (χ2n) is 6.74. The number of amides is 2. The maximum absolute atomic E-state index is 13.3. The van der Waals surface area contributed by atoms with E-state index in [1.165, 1.54) is 10.5 Å². The van der Waals surface area contributed by atoms with Gasteiger partial charge in [-0.1, -0.05) is 30.3 Å². The van der Waals surface area contributed by atoms with Gasteiger partial charge in [-0.2, -0.15) is 0 Å². The molecular formula is C22H22N2O4. The number of benzene rings is 2. The van der Waals surface area contributed by atoms with Crippen molar-refractivity contribution in [1.29, 1.82) is 0 Å². The third kappa shape index (κ3) is 2.96. The molecule has 6 nitrogen and oxygen atoms in total. The zero-order chi connectivity index (χ0) is 19.7. The van der Waals surface area contributed by atoms with E-state index in [9.17, 15) is 9.59 Å². The Bertz CT molecular complexity index is 949. The summed E-state index contributed by atoms with van der Waals surface area (Å²) in [5, 5.41) is 0. The molecule has 2 aromatic rings. The first kappa shape index (κ1) is 18.3. The molecule has 0 aliphatic carbocycles. The van der Waals surface area contributed by atoms with Crippen LogP contribution in [0.4, 0.5) is 5.69 Å². The lowest BCUT2D eigenvalue weighted by Gasteiger charge is -2.21. The molecule has 0 radical (unpaired) electrons. The lowest BCUT2D eigenvalue weighted by atomic mass is 10.0. The van der Waals surface area contributed by atoms with Crippen molar-refractivity contribution >= 4 is 23.1 Å². The lowest BCUT2D eigenvalue weighted by Crippen LogP contribution is -2.37. The molecule has 2 heterocycles. The topological polar surface area (TPSA) is 59.1 Å². The second-order valence-corrected chi connectivity index (χ2v) is 6.74. The lowest BCUT2D eigenvalue weighted by molar-refractivity contribution is -0.137. The molecule has 4 rings (SSSR count). The highest BCUT2D eigenvalue weighted by molar-refractivity contribution is 6.36. The van der Waals surface area contributed by atoms with E-state index < -0.39 is 0 Å². The Labute approximate surface area is 164 Å². The number of carbonyl (C=O) groups is 2. The molecule has 0 saturated carbocycles. The van der Waals surface area contributed by atoms with Crippen LogP contribution < -0.4 is 9.64 Å². The summed E-state index contributed by atoms with van der Waals surface area (Å²) in [5.41, 5.74) is 3.74. The number of para-hydroxylation sites is 1.